The summed E-state index contributed by atoms with van der Waals surface area (Å²) >= 11 is 0. The summed E-state index contributed by atoms with van der Waals surface area (Å²) in [5.74, 6) is -0.283. The van der Waals surface area contributed by atoms with Crippen LogP contribution in [0.3, 0.4) is 0 Å². The van der Waals surface area contributed by atoms with Gasteiger partial charge in [-0.1, -0.05) is 24.3 Å². The van der Waals surface area contributed by atoms with Crippen molar-refractivity contribution < 1.29 is 9.90 Å². The Hall–Kier alpha value is -1.82. The lowest BCUT2D eigenvalue weighted by molar-refractivity contribution is -0.143. The van der Waals surface area contributed by atoms with E-state index in [1.165, 1.54) is 18.4 Å². The van der Waals surface area contributed by atoms with Gasteiger partial charge in [-0.3, -0.25) is 4.79 Å². The van der Waals surface area contributed by atoms with Gasteiger partial charge in [0.25, 0.3) is 0 Å². The average molecular weight is 229 g/mol. The average Bonchev–Trinajstić information content (AvgIpc) is 3.13. The van der Waals surface area contributed by atoms with Crippen molar-refractivity contribution in [2.45, 2.75) is 37.5 Å². The van der Waals surface area contributed by atoms with E-state index >= 15 is 0 Å². The van der Waals surface area contributed by atoms with Crippen LogP contribution in [0.2, 0.25) is 0 Å². The van der Waals surface area contributed by atoms with E-state index < -0.39 is 11.4 Å². The van der Waals surface area contributed by atoms with Crippen molar-refractivity contribution >= 4 is 5.97 Å². The first kappa shape index (κ1) is 11.7. The first-order chi connectivity index (χ1) is 8.08. The molecule has 1 aromatic carbocycles. The van der Waals surface area contributed by atoms with Crippen LogP contribution in [-0.4, -0.2) is 11.1 Å². The van der Waals surface area contributed by atoms with Gasteiger partial charge in [0.2, 0.25) is 0 Å². The molecule has 0 aromatic heterocycles. The summed E-state index contributed by atoms with van der Waals surface area (Å²) in [5, 5.41) is 18.0. The highest BCUT2D eigenvalue weighted by Gasteiger charge is 2.35. The Morgan fingerprint density at radius 2 is 2.06 bits per heavy atom. The SMILES string of the molecule is CC(CC#N)(C(=O)O)c1ccc(C2CC2)cc1. The number of hydrogen-bond acceptors (Lipinski definition) is 2. The second kappa shape index (κ2) is 4.21. The van der Waals surface area contributed by atoms with Crippen molar-refractivity contribution in [3.8, 4) is 6.07 Å². The normalized spacial score (nSPS) is 18.1. The summed E-state index contributed by atoms with van der Waals surface area (Å²) in [6.07, 6.45) is 2.45. The van der Waals surface area contributed by atoms with Gasteiger partial charge in [0.1, 0.15) is 5.41 Å². The van der Waals surface area contributed by atoms with E-state index in [0.29, 0.717) is 11.5 Å². The Kier molecular flexibility index (Phi) is 2.89. The van der Waals surface area contributed by atoms with Crippen LogP contribution in [0.15, 0.2) is 24.3 Å². The Bertz CT molecular complexity index is 468. The third-order valence-corrected chi connectivity index (χ3v) is 3.50. The van der Waals surface area contributed by atoms with Crippen molar-refractivity contribution in [3.05, 3.63) is 35.4 Å². The monoisotopic (exact) mass is 229 g/mol. The van der Waals surface area contributed by atoms with E-state index in [1.807, 2.05) is 30.3 Å². The van der Waals surface area contributed by atoms with Crippen LogP contribution in [0.1, 0.15) is 43.2 Å². The van der Waals surface area contributed by atoms with Crippen LogP contribution in [0, 0.1) is 11.3 Å². The maximum atomic E-state index is 11.3. The fraction of sp³-hybridized carbons (Fsp3) is 0.429. The summed E-state index contributed by atoms with van der Waals surface area (Å²) in [5.41, 5.74) is 0.881. The van der Waals surface area contributed by atoms with Gasteiger partial charge in [-0.2, -0.15) is 5.26 Å². The quantitative estimate of drug-likeness (QED) is 0.863. The molecule has 0 amide bonds. The molecule has 1 saturated carbocycles. The Labute approximate surface area is 101 Å². The highest BCUT2D eigenvalue weighted by Crippen LogP contribution is 2.40. The van der Waals surface area contributed by atoms with Crippen LogP contribution in [0.25, 0.3) is 0 Å². The van der Waals surface area contributed by atoms with Crippen LogP contribution < -0.4 is 0 Å². The maximum absolute atomic E-state index is 11.3. The standard InChI is InChI=1S/C14H15NO2/c1-14(8-9-15,13(16)17)12-6-4-11(5-7-12)10-2-3-10/h4-7,10H,2-3,8H2,1H3,(H,16,17). The number of carbonyl (C=O) groups is 1. The molecule has 1 fully saturated rings. The molecule has 3 heteroatoms. The van der Waals surface area contributed by atoms with Gasteiger partial charge in [-0.05, 0) is 36.8 Å². The van der Waals surface area contributed by atoms with Gasteiger partial charge < -0.3 is 5.11 Å². The zero-order chi connectivity index (χ0) is 12.5. The maximum Gasteiger partial charge on any atom is 0.314 e. The summed E-state index contributed by atoms with van der Waals surface area (Å²) < 4.78 is 0. The van der Waals surface area contributed by atoms with E-state index in [0.717, 1.165) is 0 Å². The van der Waals surface area contributed by atoms with Gasteiger partial charge >= 0.3 is 5.97 Å². The molecule has 1 aromatic rings. The number of aliphatic carboxylic acids is 1. The zero-order valence-corrected chi connectivity index (χ0v) is 9.81. The number of nitriles is 1. The van der Waals surface area contributed by atoms with Crippen LogP contribution >= 0.6 is 0 Å². The lowest BCUT2D eigenvalue weighted by Gasteiger charge is -2.22. The van der Waals surface area contributed by atoms with Crippen molar-refractivity contribution in [1.82, 2.24) is 0 Å². The second-order valence-electron chi connectivity index (χ2n) is 4.87. The highest BCUT2D eigenvalue weighted by atomic mass is 16.4. The van der Waals surface area contributed by atoms with Crippen LogP contribution in [-0.2, 0) is 10.2 Å². The predicted octanol–water partition coefficient (Wildman–Crippen LogP) is 2.82. The molecule has 0 heterocycles. The molecule has 1 atom stereocenters. The molecule has 1 aliphatic carbocycles. The second-order valence-corrected chi connectivity index (χ2v) is 4.87. The molecule has 0 aliphatic heterocycles. The van der Waals surface area contributed by atoms with Gasteiger partial charge in [0.05, 0.1) is 12.5 Å². The molecule has 1 N–H and O–H groups in total. The van der Waals surface area contributed by atoms with Crippen molar-refractivity contribution in [2.75, 3.05) is 0 Å². The number of carboxylic acids is 1. The lowest BCUT2D eigenvalue weighted by Crippen LogP contribution is -2.31. The van der Waals surface area contributed by atoms with E-state index in [4.69, 9.17) is 5.26 Å². The van der Waals surface area contributed by atoms with Gasteiger partial charge in [-0.15, -0.1) is 0 Å². The summed E-state index contributed by atoms with van der Waals surface area (Å²) in [4.78, 5) is 11.3. The lowest BCUT2D eigenvalue weighted by atomic mass is 9.79. The molecule has 88 valence electrons. The van der Waals surface area contributed by atoms with Crippen LogP contribution in [0.5, 0.6) is 0 Å². The van der Waals surface area contributed by atoms with Crippen molar-refractivity contribution in [1.29, 1.82) is 5.26 Å². The van der Waals surface area contributed by atoms with Crippen molar-refractivity contribution in [2.24, 2.45) is 0 Å². The number of carboxylic acid groups (broad SMARTS) is 1. The first-order valence-corrected chi connectivity index (χ1v) is 5.78. The van der Waals surface area contributed by atoms with E-state index in [9.17, 15) is 9.90 Å². The smallest absolute Gasteiger partial charge is 0.314 e. The van der Waals surface area contributed by atoms with E-state index in [-0.39, 0.29) is 6.42 Å². The zero-order valence-electron chi connectivity index (χ0n) is 9.81. The molecule has 1 aliphatic rings. The van der Waals surface area contributed by atoms with E-state index in [2.05, 4.69) is 0 Å². The third-order valence-electron chi connectivity index (χ3n) is 3.50. The first-order valence-electron chi connectivity index (χ1n) is 5.78. The fourth-order valence-electron chi connectivity index (χ4n) is 2.00. The minimum atomic E-state index is -1.10. The summed E-state index contributed by atoms with van der Waals surface area (Å²) in [7, 11) is 0. The minimum Gasteiger partial charge on any atom is -0.481 e. The molecular formula is C14H15NO2. The van der Waals surface area contributed by atoms with Crippen molar-refractivity contribution in [3.63, 3.8) is 0 Å². The molecule has 2 rings (SSSR count). The van der Waals surface area contributed by atoms with Crippen LogP contribution in [0.4, 0.5) is 0 Å². The topological polar surface area (TPSA) is 61.1 Å². The largest absolute Gasteiger partial charge is 0.481 e. The Morgan fingerprint density at radius 3 is 2.47 bits per heavy atom. The number of hydrogen-bond donors (Lipinski definition) is 1. The molecule has 17 heavy (non-hydrogen) atoms. The van der Waals surface area contributed by atoms with Gasteiger partial charge in [0, 0.05) is 0 Å². The number of nitrogens with zero attached hydrogens (tertiary/aromatic N) is 1. The third kappa shape index (κ3) is 2.16. The molecule has 1 unspecified atom stereocenters. The fourth-order valence-corrected chi connectivity index (χ4v) is 2.00. The van der Waals surface area contributed by atoms with Gasteiger partial charge in [-0.25, -0.2) is 0 Å². The molecule has 0 spiro atoms. The predicted molar refractivity (Wildman–Crippen MR) is 63.6 cm³/mol. The highest BCUT2D eigenvalue weighted by molar-refractivity contribution is 5.81. The molecule has 0 radical (unpaired) electrons. The number of benzene rings is 1. The Balaban J connectivity index is 2.30. The minimum absolute atomic E-state index is 0.00882. The molecule has 3 nitrogen and oxygen atoms in total. The Morgan fingerprint density at radius 1 is 1.47 bits per heavy atom. The van der Waals surface area contributed by atoms with E-state index in [1.54, 1.807) is 6.92 Å². The molecule has 0 bridgehead atoms. The summed E-state index contributed by atoms with van der Waals surface area (Å²) in [6.45, 7) is 1.60. The molecular weight excluding hydrogens is 214 g/mol. The molecule has 0 saturated heterocycles. The number of rotatable bonds is 4. The summed E-state index contributed by atoms with van der Waals surface area (Å²) in [6, 6.07) is 9.63. The van der Waals surface area contributed by atoms with Gasteiger partial charge in [0.15, 0.2) is 0 Å².